The molecule has 28 heavy (non-hydrogen) atoms. The zero-order chi connectivity index (χ0) is 20.1. The van der Waals surface area contributed by atoms with Gasteiger partial charge in [0.25, 0.3) is 11.5 Å². The number of pyridine rings is 1. The van der Waals surface area contributed by atoms with Crippen LogP contribution in [-0.2, 0) is 6.42 Å². The van der Waals surface area contributed by atoms with Crippen LogP contribution < -0.4 is 15.6 Å². The second-order valence-electron chi connectivity index (χ2n) is 6.19. The zero-order valence-electron chi connectivity index (χ0n) is 15.4. The van der Waals surface area contributed by atoms with Gasteiger partial charge in [-0.1, -0.05) is 23.7 Å². The second kappa shape index (κ2) is 8.67. The van der Waals surface area contributed by atoms with Crippen molar-refractivity contribution in [1.82, 2.24) is 20.3 Å². The number of amides is 1. The number of aromatic amines is 1. The molecule has 144 valence electrons. The van der Waals surface area contributed by atoms with Gasteiger partial charge >= 0.3 is 0 Å². The van der Waals surface area contributed by atoms with Crippen LogP contribution in [0.3, 0.4) is 0 Å². The summed E-state index contributed by atoms with van der Waals surface area (Å²) in [6.07, 6.45) is 1.80. The average Bonchev–Trinajstić information content (AvgIpc) is 2.67. The lowest BCUT2D eigenvalue weighted by atomic mass is 10.0. The van der Waals surface area contributed by atoms with Crippen LogP contribution in [-0.4, -0.2) is 28.0 Å². The van der Waals surface area contributed by atoms with E-state index in [1.807, 2.05) is 12.1 Å². The Balaban J connectivity index is 1.87. The Kier molecular flexibility index (Phi) is 6.06. The molecule has 0 radical (unpaired) electrons. The molecule has 1 amide bonds. The minimum Gasteiger partial charge on any atom is -0.481 e. The first-order valence-corrected chi connectivity index (χ1v) is 8.95. The lowest BCUT2D eigenvalue weighted by molar-refractivity contribution is 0.0936. The summed E-state index contributed by atoms with van der Waals surface area (Å²) in [5, 5.41) is 3.57. The number of hydrogen-bond acceptors (Lipinski definition) is 5. The highest BCUT2D eigenvalue weighted by atomic mass is 35.5. The van der Waals surface area contributed by atoms with Crippen molar-refractivity contribution in [2.75, 3.05) is 7.11 Å². The molecule has 0 aliphatic carbocycles. The summed E-state index contributed by atoms with van der Waals surface area (Å²) < 4.78 is 5.02. The normalized spacial score (nSPS) is 11.7. The summed E-state index contributed by atoms with van der Waals surface area (Å²) in [6, 6.07) is 11.4. The highest BCUT2D eigenvalue weighted by molar-refractivity contribution is 6.30. The van der Waals surface area contributed by atoms with Gasteiger partial charge in [0.2, 0.25) is 5.88 Å². The van der Waals surface area contributed by atoms with Gasteiger partial charge in [0.15, 0.2) is 0 Å². The van der Waals surface area contributed by atoms with Gasteiger partial charge in [-0.05, 0) is 30.7 Å². The fourth-order valence-corrected chi connectivity index (χ4v) is 2.91. The number of benzene rings is 1. The van der Waals surface area contributed by atoms with E-state index in [2.05, 4.69) is 20.3 Å². The van der Waals surface area contributed by atoms with Crippen molar-refractivity contribution in [2.24, 2.45) is 0 Å². The quantitative estimate of drug-likeness (QED) is 0.665. The average molecular weight is 399 g/mol. The van der Waals surface area contributed by atoms with E-state index in [-0.39, 0.29) is 11.5 Å². The summed E-state index contributed by atoms with van der Waals surface area (Å²) in [5.74, 6) is 0.647. The molecule has 0 bridgehead atoms. The van der Waals surface area contributed by atoms with Crippen LogP contribution >= 0.6 is 11.6 Å². The molecule has 0 saturated heterocycles. The molecule has 1 atom stereocenters. The number of aryl methyl sites for hydroxylation is 1. The van der Waals surface area contributed by atoms with E-state index in [1.165, 1.54) is 19.4 Å². The minimum absolute atomic E-state index is 0.233. The van der Waals surface area contributed by atoms with Crippen molar-refractivity contribution in [1.29, 1.82) is 0 Å². The molecule has 0 saturated carbocycles. The van der Waals surface area contributed by atoms with Gasteiger partial charge in [0.1, 0.15) is 5.82 Å². The molecule has 0 aliphatic rings. The third-order valence-corrected chi connectivity index (χ3v) is 4.36. The Morgan fingerprint density at radius 3 is 2.61 bits per heavy atom. The lowest BCUT2D eigenvalue weighted by Crippen LogP contribution is -2.30. The number of aromatic nitrogens is 3. The maximum atomic E-state index is 12.7. The van der Waals surface area contributed by atoms with E-state index in [0.29, 0.717) is 34.4 Å². The smallest absolute Gasteiger partial charge is 0.253 e. The molecule has 0 fully saturated rings. The molecule has 1 aromatic carbocycles. The SMILES string of the molecule is COc1ccc(C(=O)NC(Cc2cc(=O)[nH]c(C)n2)c2ccc(Cl)cc2)cn1. The van der Waals surface area contributed by atoms with E-state index in [4.69, 9.17) is 16.3 Å². The maximum absolute atomic E-state index is 12.7. The van der Waals surface area contributed by atoms with Crippen LogP contribution in [0.4, 0.5) is 0 Å². The highest BCUT2D eigenvalue weighted by Gasteiger charge is 2.18. The van der Waals surface area contributed by atoms with E-state index < -0.39 is 6.04 Å². The first-order valence-electron chi connectivity index (χ1n) is 8.58. The summed E-state index contributed by atoms with van der Waals surface area (Å²) in [6.45, 7) is 1.71. The first-order chi connectivity index (χ1) is 13.4. The number of carbonyl (C=O) groups is 1. The summed E-state index contributed by atoms with van der Waals surface area (Å²) in [4.78, 5) is 35.5. The fourth-order valence-electron chi connectivity index (χ4n) is 2.78. The molecule has 3 rings (SSSR count). The number of nitrogens with one attached hydrogen (secondary N) is 2. The van der Waals surface area contributed by atoms with Crippen molar-refractivity contribution < 1.29 is 9.53 Å². The molecule has 0 spiro atoms. The van der Waals surface area contributed by atoms with Crippen LogP contribution in [0.2, 0.25) is 5.02 Å². The van der Waals surface area contributed by atoms with Crippen LogP contribution in [0.1, 0.15) is 33.5 Å². The molecule has 2 N–H and O–H groups in total. The van der Waals surface area contributed by atoms with Crippen molar-refractivity contribution in [2.45, 2.75) is 19.4 Å². The predicted molar refractivity (Wildman–Crippen MR) is 106 cm³/mol. The van der Waals surface area contributed by atoms with Gasteiger partial charge in [0, 0.05) is 29.8 Å². The van der Waals surface area contributed by atoms with E-state index >= 15 is 0 Å². The van der Waals surface area contributed by atoms with Crippen LogP contribution in [0.5, 0.6) is 5.88 Å². The number of methoxy groups -OCH3 is 1. The van der Waals surface area contributed by atoms with Crippen molar-refractivity contribution in [3.8, 4) is 5.88 Å². The molecular formula is C20H19ClN4O3. The van der Waals surface area contributed by atoms with Gasteiger partial charge in [0.05, 0.1) is 24.4 Å². The summed E-state index contributed by atoms with van der Waals surface area (Å²) in [5.41, 5.74) is 1.59. The second-order valence-corrected chi connectivity index (χ2v) is 6.63. The van der Waals surface area contributed by atoms with Gasteiger partial charge in [-0.15, -0.1) is 0 Å². The lowest BCUT2D eigenvalue weighted by Gasteiger charge is -2.19. The Morgan fingerprint density at radius 2 is 2.00 bits per heavy atom. The van der Waals surface area contributed by atoms with Gasteiger partial charge in [-0.25, -0.2) is 9.97 Å². The highest BCUT2D eigenvalue weighted by Crippen LogP contribution is 2.20. The molecule has 2 aromatic heterocycles. The van der Waals surface area contributed by atoms with Crippen molar-refractivity contribution in [3.63, 3.8) is 0 Å². The van der Waals surface area contributed by atoms with Crippen molar-refractivity contribution in [3.05, 3.63) is 86.7 Å². The molecule has 2 heterocycles. The molecule has 0 aliphatic heterocycles. The number of ether oxygens (including phenoxy) is 1. The number of nitrogens with zero attached hydrogens (tertiary/aromatic N) is 2. The molecular weight excluding hydrogens is 380 g/mol. The van der Waals surface area contributed by atoms with Crippen LogP contribution in [0.15, 0.2) is 53.5 Å². The maximum Gasteiger partial charge on any atom is 0.253 e. The predicted octanol–water partition coefficient (Wildman–Crippen LogP) is 2.85. The van der Waals surface area contributed by atoms with Gasteiger partial charge in [-0.3, -0.25) is 9.59 Å². The van der Waals surface area contributed by atoms with E-state index in [9.17, 15) is 9.59 Å². The number of H-pyrrole nitrogens is 1. The number of halogens is 1. The standard InChI is InChI=1S/C20H19ClN4O3/c1-12-23-16(10-18(26)24-12)9-17(13-3-6-15(21)7-4-13)25-20(27)14-5-8-19(28-2)22-11-14/h3-8,10-11,17H,9H2,1-2H3,(H,25,27)(H,23,24,26). The molecule has 3 aromatic rings. The summed E-state index contributed by atoms with van der Waals surface area (Å²) in [7, 11) is 1.51. The zero-order valence-corrected chi connectivity index (χ0v) is 16.2. The van der Waals surface area contributed by atoms with Crippen LogP contribution in [0, 0.1) is 6.92 Å². The molecule has 7 nitrogen and oxygen atoms in total. The first kappa shape index (κ1) is 19.6. The van der Waals surface area contributed by atoms with E-state index in [1.54, 1.807) is 31.2 Å². The fraction of sp³-hybridized carbons (Fsp3) is 0.200. The Hall–Kier alpha value is -3.19. The Morgan fingerprint density at radius 1 is 1.25 bits per heavy atom. The number of carbonyl (C=O) groups excluding carboxylic acids is 1. The third kappa shape index (κ3) is 4.95. The number of hydrogen-bond donors (Lipinski definition) is 2. The number of rotatable bonds is 6. The summed E-state index contributed by atoms with van der Waals surface area (Å²) >= 11 is 5.98. The van der Waals surface area contributed by atoms with Gasteiger partial charge < -0.3 is 15.0 Å². The topological polar surface area (TPSA) is 97.0 Å². The third-order valence-electron chi connectivity index (χ3n) is 4.11. The molecule has 1 unspecified atom stereocenters. The Labute approximate surface area is 166 Å². The monoisotopic (exact) mass is 398 g/mol. The Bertz CT molecular complexity index is 1020. The van der Waals surface area contributed by atoms with E-state index in [0.717, 1.165) is 5.56 Å². The minimum atomic E-state index is -0.402. The largest absolute Gasteiger partial charge is 0.481 e. The van der Waals surface area contributed by atoms with Crippen LogP contribution in [0.25, 0.3) is 0 Å². The molecule has 8 heteroatoms. The van der Waals surface area contributed by atoms with Gasteiger partial charge in [-0.2, -0.15) is 0 Å². The van der Waals surface area contributed by atoms with Crippen molar-refractivity contribution >= 4 is 17.5 Å².